The second-order valence-corrected chi connectivity index (χ2v) is 9.06. The van der Waals surface area contributed by atoms with Crippen molar-refractivity contribution in [2.45, 2.75) is 73.4 Å². The standard InChI is InChI=1S/C28H39N5O/c1-7-10-24-21(6)33-26(19(3)4)13-12-25(24)27(30-16-22-17-31-32-18-22)15-20(5)23-11-9-14-29-28(23)34-8-2/h9-11,14-15,17-19,26,30H,7-8,12-13,16H2,1-6H3,(H,31,32)/b20-15+,24-10-,27-25+. The van der Waals surface area contributed by atoms with Gasteiger partial charge in [0.25, 0.3) is 0 Å². The maximum atomic E-state index is 5.81. The third-order valence-electron chi connectivity index (χ3n) is 6.14. The smallest absolute Gasteiger partial charge is 0.220 e. The van der Waals surface area contributed by atoms with E-state index in [1.165, 1.54) is 11.1 Å². The number of hydrogen-bond acceptors (Lipinski definition) is 5. The molecule has 0 aromatic carbocycles. The lowest BCUT2D eigenvalue weighted by Crippen LogP contribution is -2.16. The van der Waals surface area contributed by atoms with Gasteiger partial charge in [-0.05, 0) is 80.9 Å². The van der Waals surface area contributed by atoms with Crippen molar-refractivity contribution >= 4 is 11.3 Å². The van der Waals surface area contributed by atoms with Crippen molar-refractivity contribution in [3.05, 3.63) is 70.8 Å². The number of rotatable bonds is 9. The van der Waals surface area contributed by atoms with Crippen LogP contribution in [0.15, 0.2) is 64.7 Å². The average molecular weight is 462 g/mol. The van der Waals surface area contributed by atoms with Gasteiger partial charge >= 0.3 is 0 Å². The molecule has 0 radical (unpaired) electrons. The molecule has 1 atom stereocenters. The first-order chi connectivity index (χ1) is 16.4. The summed E-state index contributed by atoms with van der Waals surface area (Å²) in [4.78, 5) is 9.57. The Hall–Kier alpha value is -3.15. The van der Waals surface area contributed by atoms with E-state index in [1.807, 2.05) is 25.4 Å². The van der Waals surface area contributed by atoms with Gasteiger partial charge in [-0.1, -0.05) is 26.8 Å². The van der Waals surface area contributed by atoms with Crippen LogP contribution < -0.4 is 10.1 Å². The molecule has 0 fully saturated rings. The molecular formula is C28H39N5O. The van der Waals surface area contributed by atoms with Crippen molar-refractivity contribution in [3.63, 3.8) is 0 Å². The second-order valence-electron chi connectivity index (χ2n) is 9.06. The molecule has 0 saturated heterocycles. The first-order valence-electron chi connectivity index (χ1n) is 12.4. The van der Waals surface area contributed by atoms with E-state index in [9.17, 15) is 0 Å². The first kappa shape index (κ1) is 25.5. The molecule has 3 heterocycles. The van der Waals surface area contributed by atoms with E-state index in [4.69, 9.17) is 9.73 Å². The summed E-state index contributed by atoms with van der Waals surface area (Å²) in [6, 6.07) is 4.36. The Morgan fingerprint density at radius 2 is 2.15 bits per heavy atom. The van der Waals surface area contributed by atoms with Crippen LogP contribution in [-0.2, 0) is 6.54 Å². The summed E-state index contributed by atoms with van der Waals surface area (Å²) in [7, 11) is 0. The van der Waals surface area contributed by atoms with Crippen LogP contribution in [0.5, 0.6) is 5.88 Å². The van der Waals surface area contributed by atoms with Gasteiger partial charge in [0.15, 0.2) is 0 Å². The van der Waals surface area contributed by atoms with Crippen LogP contribution in [0.3, 0.4) is 0 Å². The maximum Gasteiger partial charge on any atom is 0.220 e. The lowest BCUT2D eigenvalue weighted by Gasteiger charge is -2.18. The third kappa shape index (κ3) is 6.46. The Bertz CT molecular complexity index is 1060. The minimum Gasteiger partial charge on any atom is -0.478 e. The number of hydrogen-bond donors (Lipinski definition) is 2. The zero-order chi connectivity index (χ0) is 24.5. The molecule has 0 spiro atoms. The maximum absolute atomic E-state index is 5.81. The molecule has 0 saturated carbocycles. The van der Waals surface area contributed by atoms with Gasteiger partial charge in [0.1, 0.15) is 0 Å². The molecule has 1 aliphatic heterocycles. The Morgan fingerprint density at radius 1 is 1.32 bits per heavy atom. The Labute approximate surface area is 204 Å². The van der Waals surface area contributed by atoms with E-state index in [0.29, 0.717) is 31.0 Å². The average Bonchev–Trinajstić information content (AvgIpc) is 3.28. The number of nitrogens with one attached hydrogen (secondary N) is 2. The van der Waals surface area contributed by atoms with Gasteiger partial charge in [-0.2, -0.15) is 5.10 Å². The minimum absolute atomic E-state index is 0.334. The second kappa shape index (κ2) is 12.4. The van der Waals surface area contributed by atoms with Gasteiger partial charge in [-0.15, -0.1) is 0 Å². The van der Waals surface area contributed by atoms with E-state index >= 15 is 0 Å². The Balaban J connectivity index is 2.11. The lowest BCUT2D eigenvalue weighted by atomic mass is 9.92. The van der Waals surface area contributed by atoms with E-state index < -0.39 is 0 Å². The molecule has 0 aliphatic carbocycles. The van der Waals surface area contributed by atoms with E-state index in [2.05, 4.69) is 73.3 Å². The number of allylic oxidation sites excluding steroid dienone is 5. The molecule has 0 bridgehead atoms. The SMILES string of the molecule is CC/C=C1/C(C)=NC(C(C)C)CC/C1=C(/C=C(\C)c1cccnc1OCC)NCc1cn[nH]c1. The molecule has 182 valence electrons. The number of aromatic amines is 1. The molecule has 6 nitrogen and oxygen atoms in total. The summed E-state index contributed by atoms with van der Waals surface area (Å²) in [5, 5.41) is 10.7. The number of nitrogens with zero attached hydrogens (tertiary/aromatic N) is 3. The third-order valence-corrected chi connectivity index (χ3v) is 6.14. The van der Waals surface area contributed by atoms with E-state index in [1.54, 1.807) is 6.20 Å². The van der Waals surface area contributed by atoms with Crippen molar-refractivity contribution in [1.29, 1.82) is 0 Å². The molecular weight excluding hydrogens is 422 g/mol. The molecule has 34 heavy (non-hydrogen) atoms. The summed E-state index contributed by atoms with van der Waals surface area (Å²) in [5.74, 6) is 1.18. The topological polar surface area (TPSA) is 75.2 Å². The van der Waals surface area contributed by atoms with Crippen LogP contribution in [0, 0.1) is 5.92 Å². The summed E-state index contributed by atoms with van der Waals surface area (Å²) in [6.45, 7) is 14.2. The van der Waals surface area contributed by atoms with Gasteiger partial charge < -0.3 is 10.1 Å². The van der Waals surface area contributed by atoms with Crippen LogP contribution in [0.25, 0.3) is 5.57 Å². The summed E-state index contributed by atoms with van der Waals surface area (Å²) >= 11 is 0. The number of aromatic nitrogens is 3. The fourth-order valence-corrected chi connectivity index (χ4v) is 4.32. The molecule has 1 unspecified atom stereocenters. The molecule has 2 N–H and O–H groups in total. The summed E-state index contributed by atoms with van der Waals surface area (Å²) in [5.41, 5.74) is 8.03. The van der Waals surface area contributed by atoms with Gasteiger partial charge in [-0.3, -0.25) is 10.1 Å². The molecule has 6 heteroatoms. The Morgan fingerprint density at radius 3 is 2.82 bits per heavy atom. The minimum atomic E-state index is 0.334. The fourth-order valence-electron chi connectivity index (χ4n) is 4.32. The molecule has 3 rings (SSSR count). The van der Waals surface area contributed by atoms with Crippen LogP contribution >= 0.6 is 0 Å². The predicted molar refractivity (Wildman–Crippen MR) is 141 cm³/mol. The normalized spacial score (nSPS) is 19.7. The summed E-state index contributed by atoms with van der Waals surface area (Å²) in [6.07, 6.45) is 13.1. The highest BCUT2D eigenvalue weighted by atomic mass is 16.5. The molecule has 0 amide bonds. The van der Waals surface area contributed by atoms with E-state index in [0.717, 1.165) is 47.4 Å². The zero-order valence-corrected chi connectivity index (χ0v) is 21.5. The van der Waals surface area contributed by atoms with Gasteiger partial charge in [0.2, 0.25) is 5.88 Å². The van der Waals surface area contributed by atoms with Gasteiger partial charge in [-0.25, -0.2) is 4.98 Å². The number of aliphatic imine (C=N–C) groups is 1. The highest BCUT2D eigenvalue weighted by Gasteiger charge is 2.23. The van der Waals surface area contributed by atoms with Crippen LogP contribution in [0.1, 0.15) is 71.9 Å². The fraction of sp³-hybridized carbons (Fsp3) is 0.464. The number of H-pyrrole nitrogens is 1. The number of ether oxygens (including phenoxy) is 1. The van der Waals surface area contributed by atoms with Crippen LogP contribution in [0.4, 0.5) is 0 Å². The zero-order valence-electron chi connectivity index (χ0n) is 21.5. The highest BCUT2D eigenvalue weighted by molar-refractivity contribution is 6.03. The lowest BCUT2D eigenvalue weighted by molar-refractivity contribution is 0.326. The number of pyridine rings is 1. The van der Waals surface area contributed by atoms with E-state index in [-0.39, 0.29) is 0 Å². The predicted octanol–water partition coefficient (Wildman–Crippen LogP) is 6.27. The Kier molecular flexibility index (Phi) is 9.25. The van der Waals surface area contributed by atoms with Crippen molar-refractivity contribution in [3.8, 4) is 5.88 Å². The quantitative estimate of drug-likeness (QED) is 0.462. The monoisotopic (exact) mass is 461 g/mol. The highest BCUT2D eigenvalue weighted by Crippen LogP contribution is 2.32. The van der Waals surface area contributed by atoms with Crippen molar-refractivity contribution < 1.29 is 4.74 Å². The molecule has 2 aromatic heterocycles. The van der Waals surface area contributed by atoms with Crippen molar-refractivity contribution in [2.24, 2.45) is 10.9 Å². The van der Waals surface area contributed by atoms with Gasteiger partial charge in [0, 0.05) is 41.5 Å². The summed E-state index contributed by atoms with van der Waals surface area (Å²) < 4.78 is 5.81. The van der Waals surface area contributed by atoms with Gasteiger partial charge in [0.05, 0.1) is 18.8 Å². The van der Waals surface area contributed by atoms with Crippen molar-refractivity contribution in [1.82, 2.24) is 20.5 Å². The molecule has 2 aromatic rings. The van der Waals surface area contributed by atoms with Crippen molar-refractivity contribution in [2.75, 3.05) is 6.61 Å². The van der Waals surface area contributed by atoms with Crippen LogP contribution in [-0.4, -0.2) is 33.5 Å². The van der Waals surface area contributed by atoms with Crippen LogP contribution in [0.2, 0.25) is 0 Å². The molecule has 1 aliphatic rings. The largest absolute Gasteiger partial charge is 0.478 e. The first-order valence-corrected chi connectivity index (χ1v) is 12.4.